The zero-order valence-corrected chi connectivity index (χ0v) is 16.0. The summed E-state index contributed by atoms with van der Waals surface area (Å²) in [6.45, 7) is 0. The highest BCUT2D eigenvalue weighted by molar-refractivity contribution is 7.98. The molecule has 1 amide bonds. The van der Waals surface area contributed by atoms with E-state index in [4.69, 9.17) is 15.7 Å². The number of benzene rings is 3. The molecule has 3 N–H and O–H groups in total. The molecule has 140 valence electrons. The first-order valence-corrected chi connectivity index (χ1v) is 9.44. The van der Waals surface area contributed by atoms with E-state index in [0.717, 1.165) is 15.7 Å². The average molecular weight is 390 g/mol. The average Bonchev–Trinajstić information content (AvgIpc) is 2.71. The van der Waals surface area contributed by atoms with E-state index in [-0.39, 0.29) is 17.1 Å². The van der Waals surface area contributed by atoms with Crippen molar-refractivity contribution in [1.82, 2.24) is 0 Å². The standard InChI is InChI=1S/C22H18N2O3S/c1-27-19-11-14(9-16(12-23)22(24)26)10-17(21(19)25)13-28-20-8-4-6-15-5-2-3-7-18(15)20/h2-11,25H,13H2,1H3,(H2,24,26)/b16-9+. The Hall–Kier alpha value is -3.43. The Bertz CT molecular complexity index is 1110. The number of nitrogens with two attached hydrogens (primary N) is 1. The van der Waals surface area contributed by atoms with Crippen molar-refractivity contribution < 1.29 is 14.6 Å². The second-order valence-electron chi connectivity index (χ2n) is 6.03. The number of thioether (sulfide) groups is 1. The van der Waals surface area contributed by atoms with Gasteiger partial charge in [0.15, 0.2) is 11.5 Å². The third kappa shape index (κ3) is 4.11. The number of nitriles is 1. The molecule has 0 radical (unpaired) electrons. The first-order valence-electron chi connectivity index (χ1n) is 8.45. The summed E-state index contributed by atoms with van der Waals surface area (Å²) in [5, 5.41) is 21.8. The third-order valence-electron chi connectivity index (χ3n) is 4.23. The number of hydrogen-bond donors (Lipinski definition) is 2. The lowest BCUT2D eigenvalue weighted by atomic mass is 10.1. The Morgan fingerprint density at radius 2 is 2.00 bits per heavy atom. The maximum Gasteiger partial charge on any atom is 0.259 e. The number of primary amides is 1. The summed E-state index contributed by atoms with van der Waals surface area (Å²) in [6.07, 6.45) is 1.39. The van der Waals surface area contributed by atoms with E-state index in [1.165, 1.54) is 13.2 Å². The number of phenolic OH excluding ortho intramolecular Hbond substituents is 1. The van der Waals surface area contributed by atoms with Gasteiger partial charge in [0.2, 0.25) is 0 Å². The Kier molecular flexibility index (Phi) is 5.87. The van der Waals surface area contributed by atoms with Gasteiger partial charge < -0.3 is 15.6 Å². The fourth-order valence-electron chi connectivity index (χ4n) is 2.84. The molecular formula is C22H18N2O3S. The fraction of sp³-hybridized carbons (Fsp3) is 0.0909. The lowest BCUT2D eigenvalue weighted by molar-refractivity contribution is -0.114. The quantitative estimate of drug-likeness (QED) is 0.373. The fourth-order valence-corrected chi connectivity index (χ4v) is 3.89. The Labute approximate surface area is 167 Å². The predicted molar refractivity (Wildman–Crippen MR) is 111 cm³/mol. The van der Waals surface area contributed by atoms with Crippen LogP contribution in [0.15, 0.2) is 65.1 Å². The van der Waals surface area contributed by atoms with Crippen molar-refractivity contribution in [2.75, 3.05) is 7.11 Å². The van der Waals surface area contributed by atoms with E-state index in [1.54, 1.807) is 30.0 Å². The maximum absolute atomic E-state index is 11.3. The number of carbonyl (C=O) groups excluding carboxylic acids is 1. The number of fused-ring (bicyclic) bond motifs is 1. The van der Waals surface area contributed by atoms with Crippen LogP contribution in [0.4, 0.5) is 0 Å². The van der Waals surface area contributed by atoms with Crippen LogP contribution in [-0.2, 0) is 10.5 Å². The van der Waals surface area contributed by atoms with Crippen LogP contribution in [-0.4, -0.2) is 18.1 Å². The van der Waals surface area contributed by atoms with Gasteiger partial charge in [-0.05, 0) is 40.6 Å². The van der Waals surface area contributed by atoms with Crippen molar-refractivity contribution in [1.29, 1.82) is 5.26 Å². The molecule has 0 aliphatic heterocycles. The summed E-state index contributed by atoms with van der Waals surface area (Å²) in [5.41, 5.74) is 6.22. The number of rotatable bonds is 6. The van der Waals surface area contributed by atoms with Crippen LogP contribution >= 0.6 is 11.8 Å². The van der Waals surface area contributed by atoms with Gasteiger partial charge in [-0.1, -0.05) is 36.4 Å². The van der Waals surface area contributed by atoms with Crippen molar-refractivity contribution in [3.05, 3.63) is 71.3 Å². The highest BCUT2D eigenvalue weighted by Gasteiger charge is 2.13. The van der Waals surface area contributed by atoms with Gasteiger partial charge >= 0.3 is 0 Å². The molecular weight excluding hydrogens is 372 g/mol. The summed E-state index contributed by atoms with van der Waals surface area (Å²) in [7, 11) is 1.45. The molecule has 0 aliphatic carbocycles. The number of methoxy groups -OCH3 is 1. The van der Waals surface area contributed by atoms with E-state index in [1.807, 2.05) is 24.3 Å². The lowest BCUT2D eigenvalue weighted by Crippen LogP contribution is -2.12. The van der Waals surface area contributed by atoms with E-state index < -0.39 is 5.91 Å². The molecule has 28 heavy (non-hydrogen) atoms. The highest BCUT2D eigenvalue weighted by atomic mass is 32.2. The zero-order chi connectivity index (χ0) is 20.1. The molecule has 0 aromatic heterocycles. The van der Waals surface area contributed by atoms with Gasteiger partial charge in [0.1, 0.15) is 11.6 Å². The molecule has 6 heteroatoms. The topological polar surface area (TPSA) is 96.3 Å². The highest BCUT2D eigenvalue weighted by Crippen LogP contribution is 2.37. The molecule has 0 heterocycles. The largest absolute Gasteiger partial charge is 0.504 e. The SMILES string of the molecule is COc1cc(/C=C(\C#N)C(N)=O)cc(CSc2cccc3ccccc23)c1O. The zero-order valence-electron chi connectivity index (χ0n) is 15.2. The molecule has 0 spiro atoms. The third-order valence-corrected chi connectivity index (χ3v) is 5.35. The van der Waals surface area contributed by atoms with Crippen molar-refractivity contribution in [2.45, 2.75) is 10.6 Å². The van der Waals surface area contributed by atoms with Crippen molar-refractivity contribution >= 4 is 34.5 Å². The van der Waals surface area contributed by atoms with E-state index >= 15 is 0 Å². The molecule has 0 unspecified atom stereocenters. The smallest absolute Gasteiger partial charge is 0.259 e. The summed E-state index contributed by atoms with van der Waals surface area (Å²) in [4.78, 5) is 12.4. The van der Waals surface area contributed by atoms with Gasteiger partial charge in [0.05, 0.1) is 7.11 Å². The monoisotopic (exact) mass is 390 g/mol. The summed E-state index contributed by atoms with van der Waals surface area (Å²) < 4.78 is 5.24. The first kappa shape index (κ1) is 19.3. The Morgan fingerprint density at radius 1 is 1.25 bits per heavy atom. The minimum Gasteiger partial charge on any atom is -0.504 e. The van der Waals surface area contributed by atoms with Gasteiger partial charge in [-0.25, -0.2) is 0 Å². The van der Waals surface area contributed by atoms with Gasteiger partial charge in [-0.2, -0.15) is 5.26 Å². The van der Waals surface area contributed by atoms with Crippen LogP contribution in [0, 0.1) is 11.3 Å². The van der Waals surface area contributed by atoms with Crippen LogP contribution in [0.3, 0.4) is 0 Å². The van der Waals surface area contributed by atoms with Gasteiger partial charge in [0, 0.05) is 16.2 Å². The second-order valence-corrected chi connectivity index (χ2v) is 7.05. The van der Waals surface area contributed by atoms with Crippen LogP contribution in [0.5, 0.6) is 11.5 Å². The van der Waals surface area contributed by atoms with Crippen molar-refractivity contribution in [2.24, 2.45) is 5.73 Å². The molecule has 0 saturated heterocycles. The normalized spacial score (nSPS) is 11.2. The van der Waals surface area contributed by atoms with Gasteiger partial charge in [0.25, 0.3) is 5.91 Å². The number of phenols is 1. The van der Waals surface area contributed by atoms with Gasteiger partial charge in [-0.3, -0.25) is 4.79 Å². The predicted octanol–water partition coefficient (Wildman–Crippen LogP) is 4.24. The first-order chi connectivity index (χ1) is 13.5. The number of hydrogen-bond acceptors (Lipinski definition) is 5. The van der Waals surface area contributed by atoms with Crippen molar-refractivity contribution in [3.63, 3.8) is 0 Å². The van der Waals surface area contributed by atoms with E-state index in [2.05, 4.69) is 18.2 Å². The molecule has 3 aromatic carbocycles. The molecule has 0 bridgehead atoms. The summed E-state index contributed by atoms with van der Waals surface area (Å²) >= 11 is 1.58. The Morgan fingerprint density at radius 3 is 2.71 bits per heavy atom. The number of carbonyl (C=O) groups is 1. The van der Waals surface area contributed by atoms with Crippen LogP contribution in [0.25, 0.3) is 16.8 Å². The second kappa shape index (κ2) is 8.51. The maximum atomic E-state index is 11.3. The summed E-state index contributed by atoms with van der Waals surface area (Å²) in [5.74, 6) is -0.0219. The van der Waals surface area contributed by atoms with Crippen LogP contribution < -0.4 is 10.5 Å². The van der Waals surface area contributed by atoms with Crippen molar-refractivity contribution in [3.8, 4) is 17.6 Å². The minimum absolute atomic E-state index is 0.0324. The van der Waals surface area contributed by atoms with Crippen LogP contribution in [0.2, 0.25) is 0 Å². The minimum atomic E-state index is -0.804. The number of nitrogens with zero attached hydrogens (tertiary/aromatic N) is 1. The number of aromatic hydroxyl groups is 1. The molecule has 3 rings (SSSR count). The van der Waals surface area contributed by atoms with E-state index in [0.29, 0.717) is 16.9 Å². The molecule has 0 fully saturated rings. The van der Waals surface area contributed by atoms with Gasteiger partial charge in [-0.15, -0.1) is 11.8 Å². The molecule has 0 saturated carbocycles. The lowest BCUT2D eigenvalue weighted by Gasteiger charge is -2.12. The molecule has 0 aliphatic rings. The number of amides is 1. The number of ether oxygens (including phenoxy) is 1. The molecule has 5 nitrogen and oxygen atoms in total. The van der Waals surface area contributed by atoms with E-state index in [9.17, 15) is 9.90 Å². The molecule has 0 atom stereocenters. The Balaban J connectivity index is 1.96. The molecule has 3 aromatic rings. The van der Waals surface area contributed by atoms with Crippen LogP contribution in [0.1, 0.15) is 11.1 Å². The summed E-state index contributed by atoms with van der Waals surface area (Å²) in [6, 6.07) is 19.2.